The highest BCUT2D eigenvalue weighted by atomic mass is 16.5. The van der Waals surface area contributed by atoms with E-state index in [1.165, 1.54) is 17.8 Å². The number of allylic oxidation sites excluding steroid dienone is 1. The Labute approximate surface area is 190 Å². The van der Waals surface area contributed by atoms with Crippen LogP contribution in [0.2, 0.25) is 0 Å². The molecule has 0 saturated heterocycles. The van der Waals surface area contributed by atoms with Crippen molar-refractivity contribution in [1.82, 2.24) is 14.3 Å². The standard InChI is InChI=1S/C26H23N3O4/c1-32-18-6-8-22-20(14-18)21(15-24-26(31)19-7-5-17(30)13-23(19)33-24)25(16-3-4-16)29(22)12-11-28-10-2-9-27-28/h2,5-10,13-16,30H,3-4,11-12H2,1H3. The number of aromatic hydroxyl groups is 1. The molecule has 7 heteroatoms. The van der Waals surface area contributed by atoms with E-state index in [0.29, 0.717) is 17.2 Å². The molecule has 0 atom stereocenters. The van der Waals surface area contributed by atoms with Gasteiger partial charge in [0.25, 0.3) is 0 Å². The molecule has 1 N–H and O–H groups in total. The van der Waals surface area contributed by atoms with Gasteiger partial charge in [-0.3, -0.25) is 9.48 Å². The lowest BCUT2D eigenvalue weighted by Gasteiger charge is -2.11. The van der Waals surface area contributed by atoms with Gasteiger partial charge in [-0.15, -0.1) is 0 Å². The van der Waals surface area contributed by atoms with Gasteiger partial charge in [0.15, 0.2) is 5.76 Å². The molecule has 0 amide bonds. The maximum atomic E-state index is 13.0. The molecule has 6 rings (SSSR count). The monoisotopic (exact) mass is 441 g/mol. The van der Waals surface area contributed by atoms with Crippen LogP contribution in [0.25, 0.3) is 17.0 Å². The fourth-order valence-corrected chi connectivity index (χ4v) is 4.64. The normalized spacial score (nSPS) is 16.4. The second kappa shape index (κ2) is 7.55. The minimum Gasteiger partial charge on any atom is -0.508 e. The molecule has 0 unspecified atom stereocenters. The maximum Gasteiger partial charge on any atom is 0.231 e. The van der Waals surface area contributed by atoms with Crippen molar-refractivity contribution in [3.8, 4) is 17.2 Å². The second-order valence-electron chi connectivity index (χ2n) is 8.50. The predicted octanol–water partition coefficient (Wildman–Crippen LogP) is 4.75. The van der Waals surface area contributed by atoms with Gasteiger partial charge in [-0.05, 0) is 61.2 Å². The van der Waals surface area contributed by atoms with Crippen molar-refractivity contribution in [2.75, 3.05) is 7.11 Å². The number of ketones is 1. The summed E-state index contributed by atoms with van der Waals surface area (Å²) in [6.45, 7) is 1.51. The minimum absolute atomic E-state index is 0.0708. The van der Waals surface area contributed by atoms with Gasteiger partial charge in [0.2, 0.25) is 5.78 Å². The number of benzene rings is 2. The van der Waals surface area contributed by atoms with Gasteiger partial charge in [0, 0.05) is 47.2 Å². The maximum absolute atomic E-state index is 13.0. The van der Waals surface area contributed by atoms with E-state index in [0.717, 1.165) is 48.1 Å². The van der Waals surface area contributed by atoms with Crippen LogP contribution in [-0.4, -0.2) is 32.3 Å². The number of aromatic nitrogens is 3. The van der Waals surface area contributed by atoms with Crippen molar-refractivity contribution < 1.29 is 19.4 Å². The van der Waals surface area contributed by atoms with Crippen LogP contribution >= 0.6 is 0 Å². The Kier molecular flexibility index (Phi) is 4.50. The molecule has 166 valence electrons. The highest BCUT2D eigenvalue weighted by Crippen LogP contribution is 2.47. The zero-order valence-electron chi connectivity index (χ0n) is 18.2. The highest BCUT2D eigenvalue weighted by molar-refractivity contribution is 6.15. The number of aryl methyl sites for hydroxylation is 2. The Hall–Kier alpha value is -4.00. The van der Waals surface area contributed by atoms with Gasteiger partial charge in [0.1, 0.15) is 17.2 Å². The number of phenols is 1. The molecule has 0 spiro atoms. The molecule has 2 aromatic carbocycles. The first-order valence-electron chi connectivity index (χ1n) is 11.1. The number of hydrogen-bond acceptors (Lipinski definition) is 5. The molecule has 1 fully saturated rings. The van der Waals surface area contributed by atoms with Gasteiger partial charge in [-0.25, -0.2) is 0 Å². The SMILES string of the molecule is COc1ccc2c(c1)c(C=C1Oc3cc(O)ccc3C1=O)c(C1CC1)n2CCn1cccn1. The van der Waals surface area contributed by atoms with E-state index >= 15 is 0 Å². The first kappa shape index (κ1) is 19.7. The first-order valence-corrected chi connectivity index (χ1v) is 11.1. The Balaban J connectivity index is 1.50. The van der Waals surface area contributed by atoms with Crippen molar-refractivity contribution in [2.24, 2.45) is 0 Å². The molecule has 1 aliphatic heterocycles. The van der Waals surface area contributed by atoms with Crippen molar-refractivity contribution in [2.45, 2.75) is 31.8 Å². The molecular formula is C26H23N3O4. The van der Waals surface area contributed by atoms with E-state index in [9.17, 15) is 9.90 Å². The van der Waals surface area contributed by atoms with Crippen LogP contribution in [0.1, 0.15) is 40.4 Å². The van der Waals surface area contributed by atoms with E-state index in [2.05, 4.69) is 15.7 Å². The third kappa shape index (κ3) is 3.36. The molecule has 3 heterocycles. The summed E-state index contributed by atoms with van der Waals surface area (Å²) >= 11 is 0. The van der Waals surface area contributed by atoms with Crippen LogP contribution in [0.5, 0.6) is 17.2 Å². The first-order chi connectivity index (χ1) is 16.1. The topological polar surface area (TPSA) is 78.5 Å². The van der Waals surface area contributed by atoms with Crippen molar-refractivity contribution in [3.63, 3.8) is 0 Å². The van der Waals surface area contributed by atoms with Gasteiger partial charge >= 0.3 is 0 Å². The summed E-state index contributed by atoms with van der Waals surface area (Å²) in [7, 11) is 1.66. The molecule has 1 saturated carbocycles. The third-order valence-corrected chi connectivity index (χ3v) is 6.36. The molecule has 4 aromatic rings. The summed E-state index contributed by atoms with van der Waals surface area (Å²) in [5.74, 6) is 1.76. The number of hydrogen-bond donors (Lipinski definition) is 1. The van der Waals surface area contributed by atoms with Crippen LogP contribution in [0.15, 0.2) is 60.6 Å². The Morgan fingerprint density at radius 2 is 2.09 bits per heavy atom. The van der Waals surface area contributed by atoms with Crippen molar-refractivity contribution in [3.05, 3.63) is 77.4 Å². The number of fused-ring (bicyclic) bond motifs is 2. The van der Waals surface area contributed by atoms with E-state index in [1.54, 1.807) is 19.4 Å². The average molecular weight is 441 g/mol. The van der Waals surface area contributed by atoms with Crippen LogP contribution in [0.4, 0.5) is 0 Å². The van der Waals surface area contributed by atoms with Gasteiger partial charge < -0.3 is 19.1 Å². The number of methoxy groups -OCH3 is 1. The van der Waals surface area contributed by atoms with Crippen LogP contribution in [0, 0.1) is 0 Å². The summed E-state index contributed by atoms with van der Waals surface area (Å²) in [6, 6.07) is 12.6. The fraction of sp³-hybridized carbons (Fsp3) is 0.231. The summed E-state index contributed by atoms with van der Waals surface area (Å²) in [5, 5.41) is 15.2. The van der Waals surface area contributed by atoms with E-state index in [-0.39, 0.29) is 17.3 Å². The van der Waals surface area contributed by atoms with Crippen molar-refractivity contribution in [1.29, 1.82) is 0 Å². The van der Waals surface area contributed by atoms with Gasteiger partial charge in [0.05, 0.1) is 19.2 Å². The fourth-order valence-electron chi connectivity index (χ4n) is 4.64. The molecule has 1 aliphatic carbocycles. The largest absolute Gasteiger partial charge is 0.508 e. The zero-order valence-corrected chi connectivity index (χ0v) is 18.2. The second-order valence-corrected chi connectivity index (χ2v) is 8.50. The molecule has 2 aliphatic rings. The van der Waals surface area contributed by atoms with Crippen LogP contribution < -0.4 is 9.47 Å². The molecule has 7 nitrogen and oxygen atoms in total. The highest BCUT2D eigenvalue weighted by Gasteiger charge is 2.33. The smallest absolute Gasteiger partial charge is 0.231 e. The summed E-state index contributed by atoms with van der Waals surface area (Å²) < 4.78 is 15.7. The predicted molar refractivity (Wildman–Crippen MR) is 124 cm³/mol. The number of phenolic OH excluding ortho intramolecular Hbond substituents is 1. The number of rotatable bonds is 6. The molecule has 33 heavy (non-hydrogen) atoms. The number of Topliss-reactive ketones (excluding diaryl/α,β-unsaturated/α-hetero) is 1. The lowest BCUT2D eigenvalue weighted by molar-refractivity contribution is 0.101. The lowest BCUT2D eigenvalue weighted by Crippen LogP contribution is -2.10. The van der Waals surface area contributed by atoms with Crippen LogP contribution in [0.3, 0.4) is 0 Å². The summed E-state index contributed by atoms with van der Waals surface area (Å²) in [5.41, 5.74) is 3.77. The van der Waals surface area contributed by atoms with E-state index < -0.39 is 0 Å². The lowest BCUT2D eigenvalue weighted by atomic mass is 10.0. The van der Waals surface area contributed by atoms with Gasteiger partial charge in [-0.2, -0.15) is 5.10 Å². The Morgan fingerprint density at radius 3 is 2.85 bits per heavy atom. The van der Waals surface area contributed by atoms with E-state index in [4.69, 9.17) is 9.47 Å². The number of nitrogens with zero attached hydrogens (tertiary/aromatic N) is 3. The molecule has 2 aromatic heterocycles. The van der Waals surface area contributed by atoms with E-state index in [1.807, 2.05) is 35.2 Å². The third-order valence-electron chi connectivity index (χ3n) is 6.36. The summed E-state index contributed by atoms with van der Waals surface area (Å²) in [6.07, 6.45) is 7.85. The Morgan fingerprint density at radius 1 is 1.21 bits per heavy atom. The van der Waals surface area contributed by atoms with Crippen molar-refractivity contribution >= 4 is 22.8 Å². The minimum atomic E-state index is -0.174. The molecular weight excluding hydrogens is 418 g/mol. The van der Waals surface area contributed by atoms with Crippen LogP contribution in [-0.2, 0) is 13.1 Å². The Bertz CT molecular complexity index is 1410. The summed E-state index contributed by atoms with van der Waals surface area (Å²) in [4.78, 5) is 13.0. The van der Waals surface area contributed by atoms with Gasteiger partial charge in [-0.1, -0.05) is 0 Å². The molecule has 0 radical (unpaired) electrons. The average Bonchev–Trinajstić information content (AvgIpc) is 3.30. The molecule has 0 bridgehead atoms. The zero-order chi connectivity index (χ0) is 22.5. The quantitative estimate of drug-likeness (QED) is 0.437. The number of carbonyl (C=O) groups excluding carboxylic acids is 1. The number of ether oxygens (including phenoxy) is 2. The number of carbonyl (C=O) groups is 1.